The van der Waals surface area contributed by atoms with Crippen LogP contribution in [0.2, 0.25) is 0 Å². The Balaban J connectivity index is 1.72. The number of rotatable bonds is 6. The Hall–Kier alpha value is -2.86. The zero-order chi connectivity index (χ0) is 30.9. The maximum Gasteiger partial charge on any atom is 0.0194 e. The van der Waals surface area contributed by atoms with Crippen molar-refractivity contribution in [1.29, 1.82) is 0 Å². The first-order valence-corrected chi connectivity index (χ1v) is 16.3. The molecule has 0 bridgehead atoms. The van der Waals surface area contributed by atoms with Crippen molar-refractivity contribution < 1.29 is 0 Å². The Labute approximate surface area is 257 Å². The minimum Gasteiger partial charge on any atom is -0.0955 e. The molecule has 0 aromatic heterocycles. The molecule has 0 aliphatic heterocycles. The minimum absolute atomic E-state index is 0.0439. The molecular formula is C42H54. The molecule has 0 nitrogen and oxygen atoms in total. The Morgan fingerprint density at radius 2 is 1.62 bits per heavy atom. The fraction of sp³-hybridized carbons (Fsp3) is 0.476. The van der Waals surface area contributed by atoms with Crippen LogP contribution in [0.5, 0.6) is 0 Å². The van der Waals surface area contributed by atoms with Gasteiger partial charge in [-0.1, -0.05) is 115 Å². The number of benzene rings is 2. The molecule has 0 heteroatoms. The number of allylic oxidation sites excluding steroid dienone is 7. The Morgan fingerprint density at radius 1 is 0.976 bits per heavy atom. The van der Waals surface area contributed by atoms with Gasteiger partial charge in [-0.25, -0.2) is 0 Å². The largest absolute Gasteiger partial charge is 0.0955 e. The molecule has 0 radical (unpaired) electrons. The predicted molar refractivity (Wildman–Crippen MR) is 185 cm³/mol. The van der Waals surface area contributed by atoms with Crippen molar-refractivity contribution in [2.24, 2.45) is 16.2 Å². The molecule has 0 saturated carbocycles. The molecule has 0 fully saturated rings. The van der Waals surface area contributed by atoms with Crippen LogP contribution in [-0.4, -0.2) is 0 Å². The molecule has 0 N–H and O–H groups in total. The van der Waals surface area contributed by atoms with E-state index >= 15 is 0 Å². The third-order valence-corrected chi connectivity index (χ3v) is 11.7. The van der Waals surface area contributed by atoms with Crippen LogP contribution in [0, 0.1) is 23.2 Å². The van der Waals surface area contributed by atoms with Crippen molar-refractivity contribution in [1.82, 2.24) is 0 Å². The van der Waals surface area contributed by atoms with Gasteiger partial charge in [-0.15, -0.1) is 0 Å². The van der Waals surface area contributed by atoms with Gasteiger partial charge in [0.15, 0.2) is 0 Å². The lowest BCUT2D eigenvalue weighted by Gasteiger charge is -2.62. The van der Waals surface area contributed by atoms with Gasteiger partial charge in [0, 0.05) is 5.41 Å². The molecule has 3 aliphatic rings. The summed E-state index contributed by atoms with van der Waals surface area (Å²) in [5, 5.41) is 0. The van der Waals surface area contributed by atoms with Gasteiger partial charge in [-0.2, -0.15) is 0 Å². The van der Waals surface area contributed by atoms with Crippen LogP contribution in [-0.2, 0) is 12.8 Å². The lowest BCUT2D eigenvalue weighted by atomic mass is 9.41. The molecule has 0 spiro atoms. The second-order valence-electron chi connectivity index (χ2n) is 15.1. The highest BCUT2D eigenvalue weighted by Crippen LogP contribution is 2.70. The van der Waals surface area contributed by atoms with E-state index in [4.69, 9.17) is 13.2 Å². The highest BCUT2D eigenvalue weighted by atomic mass is 14.6. The molecule has 3 aliphatic carbocycles. The first kappa shape index (κ1) is 30.6. The van der Waals surface area contributed by atoms with Gasteiger partial charge >= 0.3 is 0 Å². The summed E-state index contributed by atoms with van der Waals surface area (Å²) in [5.74, 6) is 0.451. The van der Waals surface area contributed by atoms with Crippen molar-refractivity contribution in [3.05, 3.63) is 111 Å². The molecule has 0 heterocycles. The summed E-state index contributed by atoms with van der Waals surface area (Å²) >= 11 is 0. The zero-order valence-electron chi connectivity index (χ0n) is 28.3. The van der Waals surface area contributed by atoms with Crippen LogP contribution < -0.4 is 0 Å². The van der Waals surface area contributed by atoms with Gasteiger partial charge in [0.2, 0.25) is 0 Å². The number of hydrogen-bond acceptors (Lipinski definition) is 0. The van der Waals surface area contributed by atoms with Crippen LogP contribution in [0.1, 0.15) is 122 Å². The maximum atomic E-state index is 4.95. The molecule has 2 aromatic carbocycles. The van der Waals surface area contributed by atoms with Crippen LogP contribution in [0.3, 0.4) is 0 Å². The first-order valence-electron chi connectivity index (χ1n) is 16.3. The SMILES string of the molecule is C=C(C)C1=C(C)C[C@@]2(C)C[C@@]3(C)Cc4c(C(C)C)cc(-c5ccc(CCCC)cc5)c(C)c4C(=C)C3=C(C)[C@@]2(C)C1=C. The normalized spacial score (nSPS) is 27.3. The lowest BCUT2D eigenvalue weighted by molar-refractivity contribution is 0.0543. The molecule has 3 atom stereocenters. The van der Waals surface area contributed by atoms with Crippen molar-refractivity contribution in [2.45, 2.75) is 114 Å². The highest BCUT2D eigenvalue weighted by Gasteiger charge is 2.59. The summed E-state index contributed by atoms with van der Waals surface area (Å²) in [6.07, 6.45) is 6.94. The summed E-state index contributed by atoms with van der Waals surface area (Å²) in [6.45, 7) is 37.9. The van der Waals surface area contributed by atoms with E-state index in [1.807, 2.05) is 0 Å². The summed E-state index contributed by atoms with van der Waals surface area (Å²) in [4.78, 5) is 0. The van der Waals surface area contributed by atoms with Crippen LogP contribution in [0.4, 0.5) is 0 Å². The third kappa shape index (κ3) is 4.31. The summed E-state index contributed by atoms with van der Waals surface area (Å²) in [7, 11) is 0. The topological polar surface area (TPSA) is 0 Å². The number of hydrogen-bond donors (Lipinski definition) is 0. The third-order valence-electron chi connectivity index (χ3n) is 11.7. The van der Waals surface area contributed by atoms with Gasteiger partial charge in [0.05, 0.1) is 0 Å². The maximum absolute atomic E-state index is 4.95. The smallest absolute Gasteiger partial charge is 0.0194 e. The summed E-state index contributed by atoms with van der Waals surface area (Å²) in [5.41, 5.74) is 19.3. The van der Waals surface area contributed by atoms with Crippen molar-refractivity contribution >= 4 is 5.57 Å². The second-order valence-corrected chi connectivity index (χ2v) is 15.1. The van der Waals surface area contributed by atoms with Gasteiger partial charge in [-0.3, -0.25) is 0 Å². The van der Waals surface area contributed by atoms with E-state index in [1.54, 1.807) is 0 Å². The molecule has 5 rings (SSSR count). The molecule has 0 amide bonds. The van der Waals surface area contributed by atoms with E-state index < -0.39 is 0 Å². The molecule has 0 saturated heterocycles. The van der Waals surface area contributed by atoms with Crippen LogP contribution in [0.15, 0.2) is 83.5 Å². The van der Waals surface area contributed by atoms with Crippen LogP contribution >= 0.6 is 0 Å². The Morgan fingerprint density at radius 3 is 2.19 bits per heavy atom. The standard InChI is InChI=1S/C42H54/c1-14-15-16-32-17-19-33(20-18-32)35-21-34(25(2)3)36-23-40(11)24-41(12)22-27(6)37(26(4)5)30(9)42(41,13)31(10)39(40)29(8)38(36)28(35)7/h17-21,25H,4,8-9,14-16,22-24H2,1-3,5-7,10-13H3/t40-,41+,42-/m1/s1. The molecule has 0 unspecified atom stereocenters. The average molecular weight is 559 g/mol. The second kappa shape index (κ2) is 10.4. The number of fused-ring (bicyclic) bond motifs is 3. The van der Waals surface area contributed by atoms with E-state index in [-0.39, 0.29) is 16.2 Å². The Kier molecular flexibility index (Phi) is 7.57. The van der Waals surface area contributed by atoms with E-state index in [1.165, 1.54) is 85.2 Å². The van der Waals surface area contributed by atoms with E-state index in [9.17, 15) is 0 Å². The summed E-state index contributed by atoms with van der Waals surface area (Å²) < 4.78 is 0. The molecule has 42 heavy (non-hydrogen) atoms. The predicted octanol–water partition coefficient (Wildman–Crippen LogP) is 12.3. The van der Waals surface area contributed by atoms with Crippen LogP contribution in [0.25, 0.3) is 16.7 Å². The molecular weight excluding hydrogens is 504 g/mol. The van der Waals surface area contributed by atoms with E-state index in [2.05, 4.69) is 106 Å². The fourth-order valence-electron chi connectivity index (χ4n) is 9.67. The van der Waals surface area contributed by atoms with E-state index in [0.717, 1.165) is 31.3 Å². The minimum atomic E-state index is -0.128. The van der Waals surface area contributed by atoms with Crippen molar-refractivity contribution in [3.8, 4) is 11.1 Å². The monoisotopic (exact) mass is 558 g/mol. The Bertz CT molecular complexity index is 1560. The highest BCUT2D eigenvalue weighted by molar-refractivity contribution is 5.90. The number of unbranched alkanes of at least 4 members (excludes halogenated alkanes) is 1. The average Bonchev–Trinajstić information content (AvgIpc) is 2.89. The summed E-state index contributed by atoms with van der Waals surface area (Å²) in [6, 6.07) is 11.9. The van der Waals surface area contributed by atoms with Gasteiger partial charge in [-0.05, 0) is 138 Å². The van der Waals surface area contributed by atoms with Crippen molar-refractivity contribution in [2.75, 3.05) is 0 Å². The van der Waals surface area contributed by atoms with Gasteiger partial charge in [0.1, 0.15) is 0 Å². The lowest BCUT2D eigenvalue weighted by Crippen LogP contribution is -2.52. The number of aryl methyl sites for hydroxylation is 1. The van der Waals surface area contributed by atoms with Crippen molar-refractivity contribution in [3.63, 3.8) is 0 Å². The van der Waals surface area contributed by atoms with E-state index in [0.29, 0.717) is 5.92 Å². The van der Waals surface area contributed by atoms with Gasteiger partial charge < -0.3 is 0 Å². The quantitative estimate of drug-likeness (QED) is 0.331. The molecule has 2 aromatic rings. The molecule has 222 valence electrons. The van der Waals surface area contributed by atoms with Gasteiger partial charge in [0.25, 0.3) is 0 Å². The zero-order valence-corrected chi connectivity index (χ0v) is 28.3. The first-order chi connectivity index (χ1) is 19.6. The fourth-order valence-corrected chi connectivity index (χ4v) is 9.67.